The van der Waals surface area contributed by atoms with E-state index in [-0.39, 0.29) is 6.54 Å². The van der Waals surface area contributed by atoms with Crippen molar-refractivity contribution < 1.29 is 13.2 Å². The first-order chi connectivity index (χ1) is 17.1. The topological polar surface area (TPSA) is 52.2 Å². The summed E-state index contributed by atoms with van der Waals surface area (Å²) in [6.07, 6.45) is -4.44. The first-order valence-corrected chi connectivity index (χ1v) is 11.6. The van der Waals surface area contributed by atoms with Crippen molar-refractivity contribution in [1.29, 1.82) is 0 Å². The predicted octanol–water partition coefficient (Wildman–Crippen LogP) is 6.91. The molecule has 0 saturated carbocycles. The van der Waals surface area contributed by atoms with Crippen LogP contribution in [0.4, 0.5) is 13.2 Å². The van der Waals surface area contributed by atoms with Crippen LogP contribution in [0.25, 0.3) is 28.0 Å². The number of benzene rings is 3. The molecule has 0 amide bonds. The molecule has 3 aromatic carbocycles. The first-order valence-electron chi connectivity index (χ1n) is 10.8. The highest BCUT2D eigenvalue weighted by atomic mass is 35.5. The van der Waals surface area contributed by atoms with E-state index < -0.39 is 17.4 Å². The average Bonchev–Trinajstić information content (AvgIpc) is 3.16. The van der Waals surface area contributed by atoms with Gasteiger partial charge in [-0.05, 0) is 54.4 Å². The van der Waals surface area contributed by atoms with Crippen molar-refractivity contribution in [3.8, 4) is 22.4 Å². The van der Waals surface area contributed by atoms with Crippen molar-refractivity contribution in [1.82, 2.24) is 19.2 Å². The predicted molar refractivity (Wildman–Crippen MR) is 133 cm³/mol. The fourth-order valence-electron chi connectivity index (χ4n) is 4.01. The van der Waals surface area contributed by atoms with Gasteiger partial charge in [-0.2, -0.15) is 13.2 Å². The third-order valence-electron chi connectivity index (χ3n) is 5.76. The van der Waals surface area contributed by atoms with Gasteiger partial charge < -0.3 is 0 Å². The third-order valence-corrected chi connectivity index (χ3v) is 6.27. The molecule has 0 N–H and O–H groups in total. The Hall–Kier alpha value is -3.62. The van der Waals surface area contributed by atoms with Crippen LogP contribution in [0.2, 0.25) is 10.0 Å². The van der Waals surface area contributed by atoms with Gasteiger partial charge in [0.15, 0.2) is 5.65 Å². The van der Waals surface area contributed by atoms with Crippen LogP contribution >= 0.6 is 23.2 Å². The summed E-state index contributed by atoms with van der Waals surface area (Å²) >= 11 is 12.2. The van der Waals surface area contributed by atoms with Crippen LogP contribution in [0.5, 0.6) is 0 Å². The van der Waals surface area contributed by atoms with Gasteiger partial charge in [0, 0.05) is 15.6 Å². The molecular formula is C26H17Cl2F3N4O. The lowest BCUT2D eigenvalue weighted by Gasteiger charge is -2.12. The van der Waals surface area contributed by atoms with Crippen molar-refractivity contribution in [2.45, 2.75) is 19.6 Å². The number of aromatic nitrogens is 4. The van der Waals surface area contributed by atoms with Crippen molar-refractivity contribution in [3.05, 3.63) is 110 Å². The van der Waals surface area contributed by atoms with E-state index >= 15 is 0 Å². The van der Waals surface area contributed by atoms with E-state index in [4.69, 9.17) is 28.2 Å². The van der Waals surface area contributed by atoms with Gasteiger partial charge in [-0.15, -0.1) is 5.10 Å². The lowest BCUT2D eigenvalue weighted by molar-refractivity contribution is -0.137. The fraction of sp³-hybridized carbons (Fsp3) is 0.115. The number of fused-ring (bicyclic) bond motifs is 1. The number of halogens is 5. The summed E-state index contributed by atoms with van der Waals surface area (Å²) in [6, 6.07) is 18.9. The molecule has 0 saturated heterocycles. The van der Waals surface area contributed by atoms with Crippen molar-refractivity contribution >= 4 is 28.8 Å². The number of nitrogens with zero attached hydrogens (tertiary/aromatic N) is 4. The van der Waals surface area contributed by atoms with Crippen LogP contribution in [0, 0.1) is 6.92 Å². The molecule has 0 spiro atoms. The molecule has 5 nitrogen and oxygen atoms in total. The molecular weight excluding hydrogens is 512 g/mol. The SMILES string of the molecule is Cc1nc(-c2ccc(Cl)cc2)c(-c2ccc(Cl)cc2)c2nn(Cc3ccc(C(F)(F)F)cc3)c(=O)n12. The van der Waals surface area contributed by atoms with Gasteiger partial charge in [0.05, 0.1) is 23.4 Å². The molecule has 0 fully saturated rings. The Kier molecular flexibility index (Phi) is 6.10. The Morgan fingerprint density at radius 3 is 1.94 bits per heavy atom. The Morgan fingerprint density at radius 2 is 1.39 bits per heavy atom. The van der Waals surface area contributed by atoms with Gasteiger partial charge in [-0.3, -0.25) is 0 Å². The zero-order valence-corrected chi connectivity index (χ0v) is 20.2. The number of hydrogen-bond donors (Lipinski definition) is 0. The maximum absolute atomic E-state index is 13.3. The Balaban J connectivity index is 1.70. The molecule has 0 atom stereocenters. The number of alkyl halides is 3. The maximum Gasteiger partial charge on any atom is 0.416 e. The molecule has 5 aromatic rings. The zero-order chi connectivity index (χ0) is 25.6. The van der Waals surface area contributed by atoms with Crippen LogP contribution in [0.15, 0.2) is 77.6 Å². The zero-order valence-electron chi connectivity index (χ0n) is 18.7. The summed E-state index contributed by atoms with van der Waals surface area (Å²) in [5.41, 5.74) is 2.40. The second-order valence-corrected chi connectivity index (χ2v) is 9.06. The van der Waals surface area contributed by atoms with E-state index in [0.717, 1.165) is 23.3 Å². The molecule has 0 aliphatic rings. The first kappa shape index (κ1) is 24.1. The summed E-state index contributed by atoms with van der Waals surface area (Å²) in [4.78, 5) is 18.0. The van der Waals surface area contributed by atoms with E-state index in [1.807, 2.05) is 24.3 Å². The normalized spacial score (nSPS) is 11.8. The molecule has 36 heavy (non-hydrogen) atoms. The van der Waals surface area contributed by atoms with E-state index in [1.54, 1.807) is 31.2 Å². The third kappa shape index (κ3) is 4.50. The van der Waals surface area contributed by atoms with Gasteiger partial charge in [0.2, 0.25) is 0 Å². The Morgan fingerprint density at radius 1 is 0.833 bits per heavy atom. The molecule has 0 bridgehead atoms. The van der Waals surface area contributed by atoms with E-state index in [0.29, 0.717) is 38.3 Å². The lowest BCUT2D eigenvalue weighted by atomic mass is 10.00. The molecule has 0 radical (unpaired) electrons. The van der Waals surface area contributed by atoms with Crippen molar-refractivity contribution in [3.63, 3.8) is 0 Å². The van der Waals surface area contributed by atoms with E-state index in [2.05, 4.69) is 5.10 Å². The monoisotopic (exact) mass is 528 g/mol. The fourth-order valence-corrected chi connectivity index (χ4v) is 4.26. The van der Waals surface area contributed by atoms with Gasteiger partial charge in [0.25, 0.3) is 0 Å². The van der Waals surface area contributed by atoms with Crippen LogP contribution in [0.3, 0.4) is 0 Å². The smallest absolute Gasteiger partial charge is 0.245 e. The minimum atomic E-state index is -4.44. The van der Waals surface area contributed by atoms with E-state index in [1.165, 1.54) is 21.2 Å². The molecule has 182 valence electrons. The van der Waals surface area contributed by atoms with Gasteiger partial charge in [-0.25, -0.2) is 18.9 Å². The van der Waals surface area contributed by atoms with Crippen molar-refractivity contribution in [2.75, 3.05) is 0 Å². The van der Waals surface area contributed by atoms with Gasteiger partial charge in [0.1, 0.15) is 5.82 Å². The quantitative estimate of drug-likeness (QED) is 0.254. The summed E-state index contributed by atoms with van der Waals surface area (Å²) in [6.45, 7) is 1.69. The van der Waals surface area contributed by atoms with Crippen LogP contribution in [-0.2, 0) is 12.7 Å². The highest BCUT2D eigenvalue weighted by Crippen LogP contribution is 2.35. The largest absolute Gasteiger partial charge is 0.416 e. The molecule has 5 rings (SSSR count). The molecule has 2 heterocycles. The van der Waals surface area contributed by atoms with Crippen LogP contribution in [0.1, 0.15) is 17.0 Å². The lowest BCUT2D eigenvalue weighted by Crippen LogP contribution is -2.23. The number of hydrogen-bond acceptors (Lipinski definition) is 3. The summed E-state index contributed by atoms with van der Waals surface area (Å²) in [5, 5.41) is 5.71. The minimum absolute atomic E-state index is 0.00553. The molecule has 0 unspecified atom stereocenters. The highest BCUT2D eigenvalue weighted by Gasteiger charge is 2.30. The second-order valence-electron chi connectivity index (χ2n) is 8.19. The standard InChI is InChI=1S/C26H17Cl2F3N4O/c1-15-32-23(18-6-12-21(28)13-7-18)22(17-4-10-20(27)11-5-17)24-33-34(25(36)35(15)24)14-16-2-8-19(9-3-16)26(29,30)31/h2-13H,14H2,1H3. The highest BCUT2D eigenvalue weighted by molar-refractivity contribution is 6.31. The summed E-state index contributed by atoms with van der Waals surface area (Å²) in [5.74, 6) is 0.413. The molecule has 10 heteroatoms. The summed E-state index contributed by atoms with van der Waals surface area (Å²) in [7, 11) is 0. The van der Waals surface area contributed by atoms with Crippen LogP contribution < -0.4 is 5.69 Å². The number of aryl methyl sites for hydroxylation is 1. The van der Waals surface area contributed by atoms with Crippen LogP contribution in [-0.4, -0.2) is 19.2 Å². The van der Waals surface area contributed by atoms with Gasteiger partial charge >= 0.3 is 11.9 Å². The Labute approximate surface area is 213 Å². The Bertz CT molecular complexity index is 1620. The van der Waals surface area contributed by atoms with E-state index in [9.17, 15) is 18.0 Å². The second kappa shape index (κ2) is 9.11. The molecule has 2 aromatic heterocycles. The van der Waals surface area contributed by atoms with Crippen molar-refractivity contribution in [2.24, 2.45) is 0 Å². The molecule has 0 aliphatic carbocycles. The number of rotatable bonds is 4. The average molecular weight is 529 g/mol. The molecule has 0 aliphatic heterocycles. The maximum atomic E-state index is 13.3. The summed E-state index contributed by atoms with van der Waals surface area (Å²) < 4.78 is 41.4. The van der Waals surface area contributed by atoms with Gasteiger partial charge in [-0.1, -0.05) is 59.6 Å². The minimum Gasteiger partial charge on any atom is -0.245 e.